The topological polar surface area (TPSA) is 65.0 Å². The molecule has 0 saturated carbocycles. The van der Waals surface area contributed by atoms with Gasteiger partial charge in [0, 0.05) is 6.42 Å². The quantitative estimate of drug-likeness (QED) is 0.816. The normalized spacial score (nSPS) is 14.8. The van der Waals surface area contributed by atoms with E-state index in [1.54, 1.807) is 7.11 Å². The van der Waals surface area contributed by atoms with Crippen LogP contribution in [0.1, 0.15) is 18.4 Å². The van der Waals surface area contributed by atoms with Gasteiger partial charge >= 0.3 is 5.97 Å². The molecule has 1 aromatic rings. The molecule has 0 aromatic heterocycles. The maximum Gasteiger partial charge on any atom is 0.303 e. The monoisotopic (exact) mass is 266 g/mol. The Morgan fingerprint density at radius 1 is 1.42 bits per heavy atom. The first-order valence-electron chi connectivity index (χ1n) is 6.32. The van der Waals surface area contributed by atoms with Gasteiger partial charge in [-0.05, 0) is 30.5 Å². The summed E-state index contributed by atoms with van der Waals surface area (Å²) in [5.74, 6) is 0.620. The standard InChI is InChI=1S/C14H18O5/c1-17-12-6-5-10(3-2-4-14(15)16)7-13(12)19-11-8-18-9-11/h5-7,11H,2-4,8-9H2,1H3,(H,15,16). The lowest BCUT2D eigenvalue weighted by Crippen LogP contribution is -2.38. The molecule has 1 saturated heterocycles. The van der Waals surface area contributed by atoms with Gasteiger partial charge in [-0.3, -0.25) is 4.79 Å². The van der Waals surface area contributed by atoms with Gasteiger partial charge in [0.15, 0.2) is 11.5 Å². The second kappa shape index (κ2) is 6.43. The SMILES string of the molecule is COc1ccc(CCCC(=O)O)cc1OC1COC1. The van der Waals surface area contributed by atoms with Gasteiger partial charge in [-0.25, -0.2) is 0 Å². The van der Waals surface area contributed by atoms with Gasteiger partial charge < -0.3 is 19.3 Å². The predicted octanol–water partition coefficient (Wildman–Crippen LogP) is 1.88. The van der Waals surface area contributed by atoms with Crippen LogP contribution in [0.2, 0.25) is 0 Å². The molecule has 1 heterocycles. The van der Waals surface area contributed by atoms with Gasteiger partial charge in [0.1, 0.15) is 6.10 Å². The number of benzene rings is 1. The first kappa shape index (κ1) is 13.7. The summed E-state index contributed by atoms with van der Waals surface area (Å²) >= 11 is 0. The summed E-state index contributed by atoms with van der Waals surface area (Å²) in [5.41, 5.74) is 1.05. The molecule has 2 rings (SSSR count). The van der Waals surface area contributed by atoms with Crippen molar-refractivity contribution in [3.63, 3.8) is 0 Å². The van der Waals surface area contributed by atoms with E-state index in [9.17, 15) is 4.79 Å². The largest absolute Gasteiger partial charge is 0.493 e. The number of aliphatic carboxylic acids is 1. The fourth-order valence-corrected chi connectivity index (χ4v) is 1.87. The van der Waals surface area contributed by atoms with E-state index in [1.165, 1.54) is 0 Å². The minimum Gasteiger partial charge on any atom is -0.493 e. The van der Waals surface area contributed by atoms with Gasteiger partial charge in [0.05, 0.1) is 20.3 Å². The fourth-order valence-electron chi connectivity index (χ4n) is 1.87. The molecule has 0 radical (unpaired) electrons. The third-order valence-corrected chi connectivity index (χ3v) is 2.99. The summed E-state index contributed by atoms with van der Waals surface area (Å²) in [6.07, 6.45) is 1.60. The lowest BCUT2D eigenvalue weighted by atomic mass is 10.1. The molecule has 0 unspecified atom stereocenters. The predicted molar refractivity (Wildman–Crippen MR) is 68.8 cm³/mol. The summed E-state index contributed by atoms with van der Waals surface area (Å²) in [5, 5.41) is 8.63. The number of carboxylic acid groups (broad SMARTS) is 1. The van der Waals surface area contributed by atoms with Gasteiger partial charge in [-0.2, -0.15) is 0 Å². The van der Waals surface area contributed by atoms with Crippen molar-refractivity contribution in [1.29, 1.82) is 0 Å². The molecule has 19 heavy (non-hydrogen) atoms. The Labute approximate surface area is 112 Å². The van der Waals surface area contributed by atoms with E-state index in [0.717, 1.165) is 5.56 Å². The zero-order chi connectivity index (χ0) is 13.7. The van der Waals surface area contributed by atoms with Gasteiger partial charge in [-0.1, -0.05) is 6.07 Å². The third-order valence-electron chi connectivity index (χ3n) is 2.99. The molecule has 5 heteroatoms. The van der Waals surface area contributed by atoms with Crippen LogP contribution < -0.4 is 9.47 Å². The smallest absolute Gasteiger partial charge is 0.303 e. The molecule has 0 spiro atoms. The van der Waals surface area contributed by atoms with E-state index >= 15 is 0 Å². The van der Waals surface area contributed by atoms with E-state index in [2.05, 4.69) is 0 Å². The lowest BCUT2D eigenvalue weighted by molar-refractivity contribution is -0.137. The third kappa shape index (κ3) is 3.86. The van der Waals surface area contributed by atoms with Crippen molar-refractivity contribution in [2.75, 3.05) is 20.3 Å². The van der Waals surface area contributed by atoms with Crippen molar-refractivity contribution in [2.45, 2.75) is 25.4 Å². The van der Waals surface area contributed by atoms with E-state index in [4.69, 9.17) is 19.3 Å². The number of hydrogen-bond acceptors (Lipinski definition) is 4. The molecule has 1 fully saturated rings. The molecule has 1 N–H and O–H groups in total. The Kier molecular flexibility index (Phi) is 4.63. The molecular formula is C14H18O5. The zero-order valence-electron chi connectivity index (χ0n) is 10.9. The fraction of sp³-hybridized carbons (Fsp3) is 0.500. The summed E-state index contributed by atoms with van der Waals surface area (Å²) in [7, 11) is 1.60. The Balaban J connectivity index is 1.99. The molecule has 5 nitrogen and oxygen atoms in total. The van der Waals surface area contributed by atoms with Crippen LogP contribution in [0, 0.1) is 0 Å². The molecule has 1 aliphatic rings. The van der Waals surface area contributed by atoms with Crippen molar-refractivity contribution in [3.05, 3.63) is 23.8 Å². The second-order valence-electron chi connectivity index (χ2n) is 4.51. The second-order valence-corrected chi connectivity index (χ2v) is 4.51. The Hall–Kier alpha value is -1.75. The van der Waals surface area contributed by atoms with Crippen LogP contribution in [0.5, 0.6) is 11.5 Å². The number of carboxylic acids is 1. The minimum atomic E-state index is -0.767. The highest BCUT2D eigenvalue weighted by Crippen LogP contribution is 2.30. The van der Waals surface area contributed by atoms with Gasteiger partial charge in [-0.15, -0.1) is 0 Å². The average molecular weight is 266 g/mol. The molecule has 1 aliphatic heterocycles. The maximum absolute atomic E-state index is 10.5. The number of methoxy groups -OCH3 is 1. The summed E-state index contributed by atoms with van der Waals surface area (Å²) in [4.78, 5) is 10.5. The van der Waals surface area contributed by atoms with Gasteiger partial charge in [0.2, 0.25) is 0 Å². The van der Waals surface area contributed by atoms with E-state index in [1.807, 2.05) is 18.2 Å². The van der Waals surface area contributed by atoms with Crippen LogP contribution in [0.4, 0.5) is 0 Å². The number of carbonyl (C=O) groups is 1. The van der Waals surface area contributed by atoms with Crippen molar-refractivity contribution < 1.29 is 24.1 Å². The molecule has 0 atom stereocenters. The summed E-state index contributed by atoms with van der Waals surface area (Å²) in [6.45, 7) is 1.21. The van der Waals surface area contributed by atoms with Crippen molar-refractivity contribution in [1.82, 2.24) is 0 Å². The van der Waals surface area contributed by atoms with Gasteiger partial charge in [0.25, 0.3) is 0 Å². The zero-order valence-corrected chi connectivity index (χ0v) is 10.9. The van der Waals surface area contributed by atoms with Crippen LogP contribution in [-0.4, -0.2) is 37.5 Å². The summed E-state index contributed by atoms with van der Waals surface area (Å²) < 4.78 is 16.1. The molecular weight excluding hydrogens is 248 g/mol. The van der Waals surface area contributed by atoms with Crippen molar-refractivity contribution >= 4 is 5.97 Å². The minimum absolute atomic E-state index is 0.0863. The maximum atomic E-state index is 10.5. The molecule has 1 aromatic carbocycles. The van der Waals surface area contributed by atoms with Crippen LogP contribution in [-0.2, 0) is 16.0 Å². The Morgan fingerprint density at radius 3 is 2.79 bits per heavy atom. The molecule has 104 valence electrons. The number of aryl methyl sites for hydroxylation is 1. The summed E-state index contributed by atoms with van der Waals surface area (Å²) in [6, 6.07) is 5.70. The first-order valence-corrected chi connectivity index (χ1v) is 6.32. The van der Waals surface area contributed by atoms with Crippen LogP contribution in [0.25, 0.3) is 0 Å². The van der Waals surface area contributed by atoms with Crippen LogP contribution >= 0.6 is 0 Å². The molecule has 0 amide bonds. The van der Waals surface area contributed by atoms with Crippen LogP contribution in [0.3, 0.4) is 0 Å². The highest BCUT2D eigenvalue weighted by molar-refractivity contribution is 5.66. The van der Waals surface area contributed by atoms with Crippen LogP contribution in [0.15, 0.2) is 18.2 Å². The number of ether oxygens (including phenoxy) is 3. The van der Waals surface area contributed by atoms with E-state index < -0.39 is 5.97 Å². The highest BCUT2D eigenvalue weighted by atomic mass is 16.6. The first-order chi connectivity index (χ1) is 9.19. The number of rotatable bonds is 7. The molecule has 0 aliphatic carbocycles. The van der Waals surface area contributed by atoms with E-state index in [-0.39, 0.29) is 12.5 Å². The average Bonchev–Trinajstić information content (AvgIpc) is 2.33. The van der Waals surface area contributed by atoms with E-state index in [0.29, 0.717) is 37.6 Å². The number of hydrogen-bond donors (Lipinski definition) is 1. The highest BCUT2D eigenvalue weighted by Gasteiger charge is 2.21. The Bertz CT molecular complexity index is 439. The van der Waals surface area contributed by atoms with Crippen molar-refractivity contribution in [2.24, 2.45) is 0 Å². The van der Waals surface area contributed by atoms with Crippen molar-refractivity contribution in [3.8, 4) is 11.5 Å². The lowest BCUT2D eigenvalue weighted by Gasteiger charge is -2.27. The molecule has 0 bridgehead atoms. The Morgan fingerprint density at radius 2 is 2.21 bits per heavy atom.